The van der Waals surface area contributed by atoms with E-state index in [1.54, 1.807) is 20.8 Å². The Kier molecular flexibility index (Phi) is 10.7. The van der Waals surface area contributed by atoms with Gasteiger partial charge in [-0.25, -0.2) is 17.7 Å². The van der Waals surface area contributed by atoms with Crippen molar-refractivity contribution in [3.8, 4) is 11.5 Å². The molecule has 0 radical (unpaired) electrons. The van der Waals surface area contributed by atoms with Crippen LogP contribution >= 0.6 is 23.7 Å². The standard InChI is InChI=1S/C23H26BrF5NO5P/c1-5-6-13(4)33-23(31)16(11-12(2)3)30-36(32,34-15-9-7-14(24)8-10-15)35-22-20(28)18(26)17(25)19(27)21(22)29/h7-10,12-13,16H,5-6,11H2,1-4H3,(H,30,32)/t13-,16?,36-/m0/s1. The van der Waals surface area contributed by atoms with Crippen molar-refractivity contribution in [2.45, 2.75) is 59.1 Å². The van der Waals surface area contributed by atoms with Crippen molar-refractivity contribution < 1.29 is 45.1 Å². The summed E-state index contributed by atoms with van der Waals surface area (Å²) in [5, 5.41) is 2.28. The number of carbonyl (C=O) groups is 1. The average Bonchev–Trinajstić information content (AvgIpc) is 2.80. The number of hydrogen-bond acceptors (Lipinski definition) is 5. The highest BCUT2D eigenvalue weighted by Crippen LogP contribution is 2.48. The van der Waals surface area contributed by atoms with Gasteiger partial charge in [0.05, 0.1) is 6.10 Å². The summed E-state index contributed by atoms with van der Waals surface area (Å²) in [4.78, 5) is 12.8. The second kappa shape index (κ2) is 12.9. The third-order valence-electron chi connectivity index (χ3n) is 4.74. The molecule has 0 aliphatic carbocycles. The first-order valence-electron chi connectivity index (χ1n) is 11.0. The van der Waals surface area contributed by atoms with Crippen molar-refractivity contribution in [2.24, 2.45) is 5.92 Å². The van der Waals surface area contributed by atoms with Crippen LogP contribution in [0.5, 0.6) is 11.5 Å². The lowest BCUT2D eigenvalue weighted by Gasteiger charge is -2.27. The van der Waals surface area contributed by atoms with Crippen LogP contribution in [0.3, 0.4) is 0 Å². The van der Waals surface area contributed by atoms with Gasteiger partial charge in [0.25, 0.3) is 0 Å². The van der Waals surface area contributed by atoms with Crippen molar-refractivity contribution in [3.05, 3.63) is 57.8 Å². The lowest BCUT2D eigenvalue weighted by molar-refractivity contribution is -0.151. The molecule has 0 amide bonds. The number of esters is 1. The largest absolute Gasteiger partial charge is 0.513 e. The molecule has 0 bridgehead atoms. The number of halogens is 6. The van der Waals surface area contributed by atoms with Crippen molar-refractivity contribution in [3.63, 3.8) is 0 Å². The molecule has 6 nitrogen and oxygen atoms in total. The number of carbonyl (C=O) groups excluding carboxylic acids is 1. The van der Waals surface area contributed by atoms with Gasteiger partial charge in [0.15, 0.2) is 0 Å². The van der Waals surface area contributed by atoms with E-state index in [9.17, 15) is 31.3 Å². The number of benzene rings is 2. The van der Waals surface area contributed by atoms with Crippen molar-refractivity contribution in [2.75, 3.05) is 0 Å². The number of hydrogen-bond donors (Lipinski definition) is 1. The lowest BCUT2D eigenvalue weighted by Crippen LogP contribution is -2.40. The minimum atomic E-state index is -5.01. The molecule has 36 heavy (non-hydrogen) atoms. The molecule has 0 aromatic heterocycles. The molecule has 3 atom stereocenters. The molecule has 0 fully saturated rings. The molecule has 13 heteroatoms. The fourth-order valence-electron chi connectivity index (χ4n) is 3.10. The maximum atomic E-state index is 14.3. The summed E-state index contributed by atoms with van der Waals surface area (Å²) in [6.07, 6.45) is 0.771. The van der Waals surface area contributed by atoms with Crippen LogP contribution in [0, 0.1) is 35.0 Å². The quantitative estimate of drug-likeness (QED) is 0.0895. The Bertz CT molecular complexity index is 1090. The van der Waals surface area contributed by atoms with Crippen LogP contribution < -0.4 is 14.1 Å². The molecule has 2 rings (SSSR count). The Morgan fingerprint density at radius 2 is 1.47 bits per heavy atom. The van der Waals surface area contributed by atoms with Crippen molar-refractivity contribution in [1.82, 2.24) is 5.09 Å². The van der Waals surface area contributed by atoms with Gasteiger partial charge in [-0.2, -0.15) is 13.9 Å². The van der Waals surface area contributed by atoms with E-state index in [-0.39, 0.29) is 18.1 Å². The van der Waals surface area contributed by atoms with Gasteiger partial charge in [0.2, 0.25) is 34.8 Å². The maximum absolute atomic E-state index is 14.3. The normalized spacial score (nSPS) is 14.8. The second-order valence-corrected chi connectivity index (χ2v) is 10.9. The zero-order valence-corrected chi connectivity index (χ0v) is 22.4. The van der Waals surface area contributed by atoms with E-state index in [0.717, 1.165) is 0 Å². The second-order valence-electron chi connectivity index (χ2n) is 8.38. The van der Waals surface area contributed by atoms with Crippen LogP contribution in [0.4, 0.5) is 22.0 Å². The lowest BCUT2D eigenvalue weighted by atomic mass is 10.0. The first-order valence-corrected chi connectivity index (χ1v) is 13.4. The molecule has 0 saturated heterocycles. The van der Waals surface area contributed by atoms with Gasteiger partial charge >= 0.3 is 13.7 Å². The number of rotatable bonds is 12. The average molecular weight is 602 g/mol. The molecule has 200 valence electrons. The summed E-state index contributed by atoms with van der Waals surface area (Å²) in [6, 6.07) is 4.19. The molecular weight excluding hydrogens is 576 g/mol. The minimum Gasteiger partial charge on any atom is -0.462 e. The minimum absolute atomic E-state index is 0.0197. The molecule has 2 aromatic rings. The SMILES string of the molecule is CCC[C@H](C)OC(=O)C(CC(C)C)N[P@](=O)(Oc1ccc(Br)cc1)Oc1c(F)c(F)c(F)c(F)c1F. The first-order chi connectivity index (χ1) is 16.8. The van der Waals surface area contributed by atoms with Gasteiger partial charge in [0, 0.05) is 4.47 Å². The van der Waals surface area contributed by atoms with Crippen LogP contribution in [0.25, 0.3) is 0 Å². The summed E-state index contributed by atoms with van der Waals surface area (Å²) in [5.41, 5.74) is 0. The molecule has 2 aromatic carbocycles. The van der Waals surface area contributed by atoms with Crippen LogP contribution in [0.2, 0.25) is 0 Å². The van der Waals surface area contributed by atoms with Gasteiger partial charge < -0.3 is 13.8 Å². The third-order valence-corrected chi connectivity index (χ3v) is 6.77. The van der Waals surface area contributed by atoms with E-state index in [2.05, 4.69) is 21.0 Å². The third kappa shape index (κ3) is 7.91. The molecule has 1 unspecified atom stereocenters. The van der Waals surface area contributed by atoms with E-state index in [1.807, 2.05) is 6.92 Å². The maximum Gasteiger partial charge on any atom is 0.513 e. The molecule has 1 N–H and O–H groups in total. The van der Waals surface area contributed by atoms with Gasteiger partial charge in [-0.05, 0) is 49.9 Å². The Morgan fingerprint density at radius 1 is 0.944 bits per heavy atom. The highest BCUT2D eigenvalue weighted by molar-refractivity contribution is 9.10. The van der Waals surface area contributed by atoms with Crippen LogP contribution in [-0.4, -0.2) is 18.1 Å². The van der Waals surface area contributed by atoms with E-state index < -0.39 is 60.7 Å². The monoisotopic (exact) mass is 601 g/mol. The van der Waals surface area contributed by atoms with E-state index >= 15 is 0 Å². The van der Waals surface area contributed by atoms with Gasteiger partial charge in [-0.3, -0.25) is 4.79 Å². The smallest absolute Gasteiger partial charge is 0.462 e. The molecule has 0 saturated carbocycles. The summed E-state index contributed by atoms with van der Waals surface area (Å²) in [5.74, 6) is -14.7. The Balaban J connectivity index is 2.52. The summed E-state index contributed by atoms with van der Waals surface area (Å²) >= 11 is 3.19. The summed E-state index contributed by atoms with van der Waals surface area (Å²) < 4.78 is 99.5. The van der Waals surface area contributed by atoms with Crippen LogP contribution in [-0.2, 0) is 14.1 Å². The fraction of sp³-hybridized carbons (Fsp3) is 0.435. The van der Waals surface area contributed by atoms with E-state index in [4.69, 9.17) is 13.8 Å². The Labute approximate surface area is 214 Å². The highest BCUT2D eigenvalue weighted by Gasteiger charge is 2.40. The van der Waals surface area contributed by atoms with Gasteiger partial charge in [-0.15, -0.1) is 0 Å². The van der Waals surface area contributed by atoms with Crippen molar-refractivity contribution >= 4 is 29.6 Å². The van der Waals surface area contributed by atoms with E-state index in [0.29, 0.717) is 17.3 Å². The zero-order chi connectivity index (χ0) is 27.2. The highest BCUT2D eigenvalue weighted by atomic mass is 79.9. The Morgan fingerprint density at radius 3 is 1.97 bits per heavy atom. The predicted octanol–water partition coefficient (Wildman–Crippen LogP) is 7.45. The summed E-state index contributed by atoms with van der Waals surface area (Å²) in [6.45, 7) is 7.01. The van der Waals surface area contributed by atoms with Crippen LogP contribution in [0.15, 0.2) is 28.7 Å². The first kappa shape index (κ1) is 30.1. The van der Waals surface area contributed by atoms with Gasteiger partial charge in [0.1, 0.15) is 11.8 Å². The Hall–Kier alpha value is -2.17. The van der Waals surface area contributed by atoms with E-state index in [1.165, 1.54) is 24.3 Å². The van der Waals surface area contributed by atoms with Crippen molar-refractivity contribution in [1.29, 1.82) is 0 Å². The molecule has 0 spiro atoms. The number of nitrogens with one attached hydrogen (secondary N) is 1. The van der Waals surface area contributed by atoms with Gasteiger partial charge in [-0.1, -0.05) is 43.1 Å². The predicted molar refractivity (Wildman–Crippen MR) is 126 cm³/mol. The van der Waals surface area contributed by atoms with Crippen LogP contribution in [0.1, 0.15) is 47.0 Å². The fourth-order valence-corrected chi connectivity index (χ4v) is 4.90. The zero-order valence-electron chi connectivity index (χ0n) is 19.9. The molecule has 0 heterocycles. The number of ether oxygens (including phenoxy) is 1. The summed E-state index contributed by atoms with van der Waals surface area (Å²) in [7, 11) is -5.01. The molecule has 0 aliphatic rings. The topological polar surface area (TPSA) is 73.9 Å². The molecule has 0 aliphatic heterocycles. The molecular formula is C23H26BrF5NO5P.